The Balaban J connectivity index is 2.13. The summed E-state index contributed by atoms with van der Waals surface area (Å²) in [6.07, 6.45) is 3.07. The van der Waals surface area contributed by atoms with E-state index in [1.807, 2.05) is 13.1 Å². The van der Waals surface area contributed by atoms with E-state index >= 15 is 0 Å². The van der Waals surface area contributed by atoms with Crippen molar-refractivity contribution in [3.05, 3.63) is 23.0 Å². The Hall–Kier alpha value is -1.13. The van der Waals surface area contributed by atoms with Gasteiger partial charge in [-0.2, -0.15) is 0 Å². The van der Waals surface area contributed by atoms with Crippen molar-refractivity contribution in [2.75, 3.05) is 26.7 Å². The molecular formula is C15H25N3O. The number of aryl methyl sites for hydroxylation is 1. The maximum absolute atomic E-state index is 5.86. The molecule has 1 aromatic heterocycles. The van der Waals surface area contributed by atoms with Crippen LogP contribution in [0.4, 0.5) is 0 Å². The number of pyridine rings is 1. The highest BCUT2D eigenvalue weighted by molar-refractivity contribution is 5.41. The zero-order chi connectivity index (χ0) is 14.0. The molecule has 2 rings (SSSR count). The van der Waals surface area contributed by atoms with E-state index in [1.165, 1.54) is 6.42 Å². The molecule has 1 unspecified atom stereocenters. The molecule has 2 heterocycles. The fourth-order valence-corrected chi connectivity index (χ4v) is 2.87. The summed E-state index contributed by atoms with van der Waals surface area (Å²) >= 11 is 0. The van der Waals surface area contributed by atoms with Crippen LogP contribution < -0.4 is 10.5 Å². The number of hydrogen-bond donors (Lipinski definition) is 1. The minimum absolute atomic E-state index is 0.267. The SMILES string of the molecule is COc1c(C)cnc(CN2CCC(C)(CN)C2)c1C. The predicted octanol–water partition coefficient (Wildman–Crippen LogP) is 1.88. The number of aromatic nitrogens is 1. The maximum Gasteiger partial charge on any atom is 0.128 e. The molecule has 0 spiro atoms. The van der Waals surface area contributed by atoms with Gasteiger partial charge < -0.3 is 10.5 Å². The van der Waals surface area contributed by atoms with Gasteiger partial charge in [0, 0.05) is 30.4 Å². The zero-order valence-electron chi connectivity index (χ0n) is 12.5. The van der Waals surface area contributed by atoms with Gasteiger partial charge in [-0.25, -0.2) is 0 Å². The fraction of sp³-hybridized carbons (Fsp3) is 0.667. The first-order chi connectivity index (χ1) is 8.99. The van der Waals surface area contributed by atoms with Gasteiger partial charge >= 0.3 is 0 Å². The Morgan fingerprint density at radius 3 is 2.79 bits per heavy atom. The van der Waals surface area contributed by atoms with Gasteiger partial charge in [-0.1, -0.05) is 6.92 Å². The van der Waals surface area contributed by atoms with Crippen LogP contribution in [0.3, 0.4) is 0 Å². The highest BCUT2D eigenvalue weighted by Crippen LogP contribution is 2.31. The van der Waals surface area contributed by atoms with Crippen LogP contribution in [-0.2, 0) is 6.54 Å². The average molecular weight is 263 g/mol. The molecule has 0 aliphatic carbocycles. The molecule has 4 nitrogen and oxygen atoms in total. The Kier molecular flexibility index (Phi) is 4.11. The smallest absolute Gasteiger partial charge is 0.128 e. The minimum Gasteiger partial charge on any atom is -0.496 e. The van der Waals surface area contributed by atoms with Crippen LogP contribution in [0.15, 0.2) is 6.20 Å². The molecule has 19 heavy (non-hydrogen) atoms. The number of nitrogens with two attached hydrogens (primary N) is 1. The van der Waals surface area contributed by atoms with Gasteiger partial charge in [0.25, 0.3) is 0 Å². The lowest BCUT2D eigenvalue weighted by Crippen LogP contribution is -2.31. The number of hydrogen-bond acceptors (Lipinski definition) is 4. The Bertz CT molecular complexity index is 461. The molecule has 1 fully saturated rings. The molecule has 0 aromatic carbocycles. The highest BCUT2D eigenvalue weighted by Gasteiger charge is 2.32. The molecule has 106 valence electrons. The number of rotatable bonds is 4. The molecule has 0 amide bonds. The Labute approximate surface area is 116 Å². The molecule has 0 radical (unpaired) electrons. The summed E-state index contributed by atoms with van der Waals surface area (Å²) < 4.78 is 5.46. The quantitative estimate of drug-likeness (QED) is 0.901. The Morgan fingerprint density at radius 1 is 1.47 bits per heavy atom. The van der Waals surface area contributed by atoms with Crippen molar-refractivity contribution < 1.29 is 4.74 Å². The van der Waals surface area contributed by atoms with Gasteiger partial charge in [-0.3, -0.25) is 9.88 Å². The topological polar surface area (TPSA) is 51.4 Å². The predicted molar refractivity (Wildman–Crippen MR) is 77.3 cm³/mol. The van der Waals surface area contributed by atoms with Gasteiger partial charge in [-0.15, -0.1) is 0 Å². The molecule has 2 N–H and O–H groups in total. The first-order valence-electron chi connectivity index (χ1n) is 6.90. The highest BCUT2D eigenvalue weighted by atomic mass is 16.5. The molecular weight excluding hydrogens is 238 g/mol. The second-order valence-corrected chi connectivity index (χ2v) is 6.02. The summed E-state index contributed by atoms with van der Waals surface area (Å²) in [7, 11) is 1.72. The van der Waals surface area contributed by atoms with Crippen LogP contribution in [0.1, 0.15) is 30.2 Å². The average Bonchev–Trinajstić information content (AvgIpc) is 2.76. The van der Waals surface area contributed by atoms with E-state index in [9.17, 15) is 0 Å². The van der Waals surface area contributed by atoms with Crippen molar-refractivity contribution in [1.29, 1.82) is 0 Å². The molecule has 1 saturated heterocycles. The monoisotopic (exact) mass is 263 g/mol. The summed E-state index contributed by atoms with van der Waals surface area (Å²) in [4.78, 5) is 7.01. The van der Waals surface area contributed by atoms with E-state index in [-0.39, 0.29) is 5.41 Å². The fourth-order valence-electron chi connectivity index (χ4n) is 2.87. The van der Waals surface area contributed by atoms with E-state index in [4.69, 9.17) is 10.5 Å². The van der Waals surface area contributed by atoms with Crippen LogP contribution in [0.25, 0.3) is 0 Å². The van der Waals surface area contributed by atoms with Crippen molar-refractivity contribution in [2.24, 2.45) is 11.1 Å². The number of nitrogens with zero attached hydrogens (tertiary/aromatic N) is 2. The lowest BCUT2D eigenvalue weighted by atomic mass is 9.90. The third kappa shape index (κ3) is 2.90. The number of methoxy groups -OCH3 is 1. The van der Waals surface area contributed by atoms with Gasteiger partial charge in [0.1, 0.15) is 5.75 Å². The molecule has 1 aliphatic heterocycles. The van der Waals surface area contributed by atoms with Crippen LogP contribution in [0, 0.1) is 19.3 Å². The molecule has 0 saturated carbocycles. The van der Waals surface area contributed by atoms with Crippen molar-refractivity contribution in [2.45, 2.75) is 33.7 Å². The summed E-state index contributed by atoms with van der Waals surface area (Å²) in [6.45, 7) is 10.2. The van der Waals surface area contributed by atoms with Crippen LogP contribution in [0.5, 0.6) is 5.75 Å². The minimum atomic E-state index is 0.267. The first-order valence-corrected chi connectivity index (χ1v) is 6.90. The largest absolute Gasteiger partial charge is 0.496 e. The summed E-state index contributed by atoms with van der Waals surface area (Å²) in [5.74, 6) is 0.964. The van der Waals surface area contributed by atoms with E-state index < -0.39 is 0 Å². The normalized spacial score (nSPS) is 23.8. The van der Waals surface area contributed by atoms with Crippen molar-refractivity contribution in [3.8, 4) is 5.75 Å². The van der Waals surface area contributed by atoms with Crippen molar-refractivity contribution in [1.82, 2.24) is 9.88 Å². The third-order valence-electron chi connectivity index (χ3n) is 4.25. The molecule has 1 atom stereocenters. The molecule has 1 aromatic rings. The van der Waals surface area contributed by atoms with Crippen LogP contribution >= 0.6 is 0 Å². The summed E-state index contributed by atoms with van der Waals surface area (Å²) in [6, 6.07) is 0. The third-order valence-corrected chi connectivity index (χ3v) is 4.25. The van der Waals surface area contributed by atoms with E-state index in [0.29, 0.717) is 0 Å². The van der Waals surface area contributed by atoms with E-state index in [2.05, 4.69) is 23.7 Å². The number of likely N-dealkylation sites (tertiary alicyclic amines) is 1. The van der Waals surface area contributed by atoms with Gasteiger partial charge in [-0.05, 0) is 38.8 Å². The van der Waals surface area contributed by atoms with Gasteiger partial charge in [0.05, 0.1) is 12.8 Å². The van der Waals surface area contributed by atoms with E-state index in [1.54, 1.807) is 7.11 Å². The standard InChI is InChI=1S/C15H25N3O/c1-11-7-17-13(12(2)14(11)19-4)8-18-6-5-15(3,9-16)10-18/h7H,5-6,8-10,16H2,1-4H3. The summed E-state index contributed by atoms with van der Waals surface area (Å²) in [5.41, 5.74) is 9.49. The second kappa shape index (κ2) is 5.47. The second-order valence-electron chi connectivity index (χ2n) is 6.02. The molecule has 4 heteroatoms. The molecule has 1 aliphatic rings. The van der Waals surface area contributed by atoms with Gasteiger partial charge in [0.15, 0.2) is 0 Å². The van der Waals surface area contributed by atoms with E-state index in [0.717, 1.165) is 48.7 Å². The first kappa shape index (κ1) is 14.3. The zero-order valence-corrected chi connectivity index (χ0v) is 12.5. The lowest BCUT2D eigenvalue weighted by molar-refractivity contribution is 0.271. The maximum atomic E-state index is 5.86. The van der Waals surface area contributed by atoms with Crippen LogP contribution in [0.2, 0.25) is 0 Å². The summed E-state index contributed by atoms with van der Waals surface area (Å²) in [5, 5.41) is 0. The Morgan fingerprint density at radius 2 is 2.21 bits per heavy atom. The van der Waals surface area contributed by atoms with Crippen LogP contribution in [-0.4, -0.2) is 36.6 Å². The number of ether oxygens (including phenoxy) is 1. The lowest BCUT2D eigenvalue weighted by Gasteiger charge is -2.23. The van der Waals surface area contributed by atoms with Gasteiger partial charge in [0.2, 0.25) is 0 Å². The van der Waals surface area contributed by atoms with Crippen molar-refractivity contribution in [3.63, 3.8) is 0 Å². The molecule has 0 bridgehead atoms. The van der Waals surface area contributed by atoms with Crippen molar-refractivity contribution >= 4 is 0 Å².